The smallest absolute Gasteiger partial charge is 0.0936 e. The first-order valence-corrected chi connectivity index (χ1v) is 8.40. The largest absolute Gasteiger partial charge is 0.303 e. The molecule has 3 heteroatoms. The maximum Gasteiger partial charge on any atom is 0.0936 e. The number of nitrogens with zero attached hydrogens (tertiary/aromatic N) is 2. The summed E-state index contributed by atoms with van der Waals surface area (Å²) >= 11 is 1.93. The lowest BCUT2D eigenvalue weighted by Crippen LogP contribution is -2.25. The minimum Gasteiger partial charge on any atom is -0.303 e. The zero-order valence-electron chi connectivity index (χ0n) is 11.9. The molecule has 1 aliphatic carbocycles. The number of rotatable bonds is 3. The summed E-state index contributed by atoms with van der Waals surface area (Å²) in [4.78, 5) is 8.90. The second-order valence-corrected chi connectivity index (χ2v) is 7.20. The molecular weight excluding hydrogens is 264 g/mol. The lowest BCUT2D eigenvalue weighted by atomic mass is 10.1. The molecule has 0 radical (unpaired) electrons. The highest BCUT2D eigenvalue weighted by molar-refractivity contribution is 7.12. The first-order chi connectivity index (χ1) is 9.81. The number of fused-ring (bicyclic) bond motifs is 3. The van der Waals surface area contributed by atoms with E-state index in [0.29, 0.717) is 0 Å². The third-order valence-corrected chi connectivity index (χ3v) is 5.84. The molecule has 0 N–H and O–H groups in total. The van der Waals surface area contributed by atoms with Crippen LogP contribution in [0.25, 0.3) is 11.3 Å². The molecule has 0 saturated carbocycles. The highest BCUT2D eigenvalue weighted by Gasteiger charge is 2.24. The second-order valence-electron chi connectivity index (χ2n) is 6.03. The molecule has 0 amide bonds. The number of hydrogen-bond donors (Lipinski definition) is 0. The van der Waals surface area contributed by atoms with E-state index in [2.05, 4.69) is 36.2 Å². The summed E-state index contributed by atoms with van der Waals surface area (Å²) < 4.78 is 0. The molecule has 2 aliphatic rings. The molecule has 20 heavy (non-hydrogen) atoms. The third-order valence-electron chi connectivity index (χ3n) is 4.73. The number of benzene rings is 1. The van der Waals surface area contributed by atoms with Crippen molar-refractivity contribution >= 4 is 11.3 Å². The van der Waals surface area contributed by atoms with E-state index >= 15 is 0 Å². The Hall–Kier alpha value is -1.19. The molecule has 0 spiro atoms. The van der Waals surface area contributed by atoms with Gasteiger partial charge in [0.15, 0.2) is 0 Å². The fourth-order valence-electron chi connectivity index (χ4n) is 3.55. The van der Waals surface area contributed by atoms with Crippen LogP contribution in [0.5, 0.6) is 0 Å². The van der Waals surface area contributed by atoms with Crippen molar-refractivity contribution in [3.05, 3.63) is 39.7 Å². The van der Waals surface area contributed by atoms with Crippen LogP contribution in [0.1, 0.15) is 34.7 Å². The van der Waals surface area contributed by atoms with Crippen LogP contribution in [-0.4, -0.2) is 29.5 Å². The highest BCUT2D eigenvalue weighted by Crippen LogP contribution is 2.39. The quantitative estimate of drug-likeness (QED) is 0.728. The molecule has 0 bridgehead atoms. The summed E-state index contributed by atoms with van der Waals surface area (Å²) in [6, 6.07) is 9.49. The van der Waals surface area contributed by atoms with Crippen molar-refractivity contribution in [1.82, 2.24) is 9.88 Å². The van der Waals surface area contributed by atoms with Crippen LogP contribution in [0.4, 0.5) is 0 Å². The van der Waals surface area contributed by atoms with E-state index in [1.165, 1.54) is 52.5 Å². The van der Waals surface area contributed by atoms with Crippen LogP contribution in [0, 0.1) is 0 Å². The van der Waals surface area contributed by atoms with Crippen molar-refractivity contribution < 1.29 is 0 Å². The molecular formula is C17H20N2S. The Morgan fingerprint density at radius 3 is 3.10 bits per heavy atom. The predicted molar refractivity (Wildman–Crippen MR) is 84.3 cm³/mol. The van der Waals surface area contributed by atoms with Gasteiger partial charge in [-0.15, -0.1) is 11.3 Å². The first-order valence-electron chi connectivity index (χ1n) is 7.58. The molecule has 104 valence electrons. The van der Waals surface area contributed by atoms with Gasteiger partial charge in [0.1, 0.15) is 0 Å². The van der Waals surface area contributed by atoms with Gasteiger partial charge in [0.25, 0.3) is 0 Å². The SMILES string of the molecule is CN1CCCC1CCc1nc2c(s1)Cc1ccccc1-2. The van der Waals surface area contributed by atoms with Crippen LogP contribution in [0.2, 0.25) is 0 Å². The van der Waals surface area contributed by atoms with Crippen LogP contribution >= 0.6 is 11.3 Å². The fourth-order valence-corrected chi connectivity index (χ4v) is 4.67. The average Bonchev–Trinajstić information content (AvgIpc) is 3.10. The van der Waals surface area contributed by atoms with Gasteiger partial charge in [-0.3, -0.25) is 0 Å². The lowest BCUT2D eigenvalue weighted by Gasteiger charge is -2.18. The minimum absolute atomic E-state index is 0.779. The second kappa shape index (κ2) is 4.97. The maximum atomic E-state index is 4.92. The lowest BCUT2D eigenvalue weighted by molar-refractivity contribution is 0.296. The van der Waals surface area contributed by atoms with Gasteiger partial charge in [-0.1, -0.05) is 24.3 Å². The predicted octanol–water partition coefficient (Wildman–Crippen LogP) is 3.74. The van der Waals surface area contributed by atoms with E-state index in [1.807, 2.05) is 11.3 Å². The third kappa shape index (κ3) is 2.09. The zero-order valence-corrected chi connectivity index (χ0v) is 12.7. The average molecular weight is 284 g/mol. The molecule has 4 rings (SSSR count). The van der Waals surface area contributed by atoms with Gasteiger partial charge in [-0.05, 0) is 38.4 Å². The summed E-state index contributed by atoms with van der Waals surface area (Å²) in [5.41, 5.74) is 4.08. The topological polar surface area (TPSA) is 16.1 Å². The Morgan fingerprint density at radius 1 is 1.35 bits per heavy atom. The highest BCUT2D eigenvalue weighted by atomic mass is 32.1. The van der Waals surface area contributed by atoms with E-state index in [-0.39, 0.29) is 0 Å². The summed E-state index contributed by atoms with van der Waals surface area (Å²) in [5, 5.41) is 1.34. The number of aromatic nitrogens is 1. The summed E-state index contributed by atoms with van der Waals surface area (Å²) in [6.45, 7) is 1.27. The fraction of sp³-hybridized carbons (Fsp3) is 0.471. The number of aryl methyl sites for hydroxylation is 1. The normalized spacial score (nSPS) is 21.1. The van der Waals surface area contributed by atoms with Crippen LogP contribution in [0.15, 0.2) is 24.3 Å². The summed E-state index contributed by atoms with van der Waals surface area (Å²) in [7, 11) is 2.26. The van der Waals surface area contributed by atoms with Gasteiger partial charge >= 0.3 is 0 Å². The van der Waals surface area contributed by atoms with E-state index in [4.69, 9.17) is 4.98 Å². The Balaban J connectivity index is 1.50. The van der Waals surface area contributed by atoms with Crippen LogP contribution in [-0.2, 0) is 12.8 Å². The molecule has 1 unspecified atom stereocenters. The van der Waals surface area contributed by atoms with Crippen molar-refractivity contribution in [2.75, 3.05) is 13.6 Å². The molecule has 2 nitrogen and oxygen atoms in total. The Morgan fingerprint density at radius 2 is 2.25 bits per heavy atom. The monoisotopic (exact) mass is 284 g/mol. The van der Waals surface area contributed by atoms with Crippen molar-refractivity contribution in [3.63, 3.8) is 0 Å². The Labute approximate surface area is 124 Å². The van der Waals surface area contributed by atoms with Gasteiger partial charge in [-0.2, -0.15) is 0 Å². The van der Waals surface area contributed by atoms with Crippen LogP contribution < -0.4 is 0 Å². The van der Waals surface area contributed by atoms with E-state index in [9.17, 15) is 0 Å². The van der Waals surface area contributed by atoms with Crippen molar-refractivity contribution in [2.24, 2.45) is 0 Å². The van der Waals surface area contributed by atoms with Gasteiger partial charge in [-0.25, -0.2) is 4.98 Å². The van der Waals surface area contributed by atoms with Crippen molar-refractivity contribution in [3.8, 4) is 11.3 Å². The summed E-state index contributed by atoms with van der Waals surface area (Å²) in [6.07, 6.45) is 6.24. The summed E-state index contributed by atoms with van der Waals surface area (Å²) in [5.74, 6) is 0. The van der Waals surface area contributed by atoms with Gasteiger partial charge in [0.2, 0.25) is 0 Å². The standard InChI is InChI=1S/C17H20N2S/c1-19-10-4-6-13(19)8-9-16-18-17-14-7-3-2-5-12(14)11-15(17)20-16/h2-3,5,7,13H,4,6,8-11H2,1H3. The first kappa shape index (κ1) is 12.5. The molecule has 1 aromatic carbocycles. The van der Waals surface area contributed by atoms with Crippen molar-refractivity contribution in [1.29, 1.82) is 0 Å². The van der Waals surface area contributed by atoms with Gasteiger partial charge in [0.05, 0.1) is 10.7 Å². The molecule has 1 aliphatic heterocycles. The molecule has 1 fully saturated rings. The van der Waals surface area contributed by atoms with E-state index in [1.54, 1.807) is 0 Å². The minimum atomic E-state index is 0.779. The number of hydrogen-bond acceptors (Lipinski definition) is 3. The molecule has 2 aromatic rings. The van der Waals surface area contributed by atoms with E-state index in [0.717, 1.165) is 18.9 Å². The molecule has 1 aromatic heterocycles. The van der Waals surface area contributed by atoms with Crippen molar-refractivity contribution in [2.45, 2.75) is 38.1 Å². The molecule has 1 saturated heterocycles. The zero-order chi connectivity index (χ0) is 13.5. The number of likely N-dealkylation sites (tertiary alicyclic amines) is 1. The Bertz CT molecular complexity index is 632. The maximum absolute atomic E-state index is 4.92. The Kier molecular flexibility index (Phi) is 3.12. The van der Waals surface area contributed by atoms with Gasteiger partial charge in [0, 0.05) is 29.3 Å². The van der Waals surface area contributed by atoms with Gasteiger partial charge < -0.3 is 4.90 Å². The molecule has 2 heterocycles. The number of thiazole rings is 1. The van der Waals surface area contributed by atoms with E-state index < -0.39 is 0 Å². The molecule has 1 atom stereocenters. The van der Waals surface area contributed by atoms with Crippen LogP contribution in [0.3, 0.4) is 0 Å².